The number of nitrogens with two attached hydrogens (primary N) is 1. The van der Waals surface area contributed by atoms with Gasteiger partial charge in [0.25, 0.3) is 0 Å². The van der Waals surface area contributed by atoms with E-state index in [2.05, 4.69) is 20.7 Å². The molecule has 3 N–H and O–H groups in total. The zero-order chi connectivity index (χ0) is 15.6. The second-order valence-corrected chi connectivity index (χ2v) is 6.82. The molecular formula is C13H12BrFN2O3S. The van der Waals surface area contributed by atoms with Crippen LogP contribution in [0.15, 0.2) is 45.8 Å². The van der Waals surface area contributed by atoms with Gasteiger partial charge in [0.2, 0.25) is 10.0 Å². The van der Waals surface area contributed by atoms with Crippen LogP contribution in [0, 0.1) is 5.82 Å². The van der Waals surface area contributed by atoms with Gasteiger partial charge >= 0.3 is 0 Å². The third kappa shape index (κ3) is 3.52. The van der Waals surface area contributed by atoms with Gasteiger partial charge in [-0.1, -0.05) is 0 Å². The van der Waals surface area contributed by atoms with Crippen LogP contribution >= 0.6 is 15.9 Å². The van der Waals surface area contributed by atoms with E-state index in [1.54, 1.807) is 0 Å². The molecule has 0 unspecified atom stereocenters. The predicted molar refractivity (Wildman–Crippen MR) is 81.3 cm³/mol. The first-order chi connectivity index (χ1) is 9.83. The summed E-state index contributed by atoms with van der Waals surface area (Å²) in [5.41, 5.74) is 6.00. The van der Waals surface area contributed by atoms with E-state index < -0.39 is 15.8 Å². The Morgan fingerprint density at radius 1 is 1.19 bits per heavy atom. The molecule has 0 bridgehead atoms. The molecule has 0 heterocycles. The molecule has 0 aliphatic heterocycles. The van der Waals surface area contributed by atoms with Crippen LogP contribution in [-0.2, 0) is 10.0 Å². The van der Waals surface area contributed by atoms with Crippen molar-refractivity contribution in [2.45, 2.75) is 4.90 Å². The van der Waals surface area contributed by atoms with Crippen LogP contribution in [0.2, 0.25) is 0 Å². The first-order valence-electron chi connectivity index (χ1n) is 5.79. The van der Waals surface area contributed by atoms with Gasteiger partial charge in [0.1, 0.15) is 11.6 Å². The summed E-state index contributed by atoms with van der Waals surface area (Å²) in [6.07, 6.45) is 0. The molecule has 2 aromatic rings. The average Bonchev–Trinajstić information content (AvgIpc) is 2.45. The van der Waals surface area contributed by atoms with Crippen LogP contribution in [0.25, 0.3) is 0 Å². The molecule has 0 saturated heterocycles. The number of ether oxygens (including phenoxy) is 1. The predicted octanol–water partition coefficient (Wildman–Crippen LogP) is 2.87. The third-order valence-electron chi connectivity index (χ3n) is 2.68. The normalized spacial score (nSPS) is 11.4. The molecule has 0 amide bonds. The van der Waals surface area contributed by atoms with Crippen LogP contribution < -0.4 is 15.2 Å². The molecule has 112 valence electrons. The quantitative estimate of drug-likeness (QED) is 0.806. The molecule has 0 atom stereocenters. The van der Waals surface area contributed by atoms with E-state index in [9.17, 15) is 12.8 Å². The largest absolute Gasteiger partial charge is 0.454 e. The van der Waals surface area contributed by atoms with Gasteiger partial charge in [0.05, 0.1) is 15.1 Å². The van der Waals surface area contributed by atoms with Gasteiger partial charge in [0, 0.05) is 12.1 Å². The highest BCUT2D eigenvalue weighted by atomic mass is 79.9. The van der Waals surface area contributed by atoms with Crippen LogP contribution in [0.3, 0.4) is 0 Å². The summed E-state index contributed by atoms with van der Waals surface area (Å²) in [5.74, 6) is -0.163. The van der Waals surface area contributed by atoms with E-state index >= 15 is 0 Å². The second kappa shape index (κ2) is 6.00. The Morgan fingerprint density at radius 2 is 1.90 bits per heavy atom. The van der Waals surface area contributed by atoms with E-state index in [1.807, 2.05) is 0 Å². The second-order valence-electron chi connectivity index (χ2n) is 4.08. The topological polar surface area (TPSA) is 81.4 Å². The van der Waals surface area contributed by atoms with E-state index in [0.29, 0.717) is 4.47 Å². The summed E-state index contributed by atoms with van der Waals surface area (Å²) in [4.78, 5) is 0.00160. The Bertz CT molecular complexity index is 781. The van der Waals surface area contributed by atoms with Gasteiger partial charge in [-0.3, -0.25) is 0 Å². The Hall–Kier alpha value is -1.64. The van der Waals surface area contributed by atoms with Gasteiger partial charge in [0.15, 0.2) is 5.75 Å². The first kappa shape index (κ1) is 15.7. The van der Waals surface area contributed by atoms with Gasteiger partial charge in [-0.15, -0.1) is 0 Å². The van der Waals surface area contributed by atoms with Gasteiger partial charge in [-0.2, -0.15) is 0 Å². The fourth-order valence-electron chi connectivity index (χ4n) is 1.56. The number of sulfonamides is 1. The molecule has 2 rings (SSSR count). The van der Waals surface area contributed by atoms with Crippen molar-refractivity contribution in [2.75, 3.05) is 12.8 Å². The number of hydrogen-bond acceptors (Lipinski definition) is 4. The highest BCUT2D eigenvalue weighted by molar-refractivity contribution is 9.10. The average molecular weight is 375 g/mol. The van der Waals surface area contributed by atoms with Crippen LogP contribution in [0.5, 0.6) is 11.5 Å². The zero-order valence-corrected chi connectivity index (χ0v) is 13.3. The Balaban J connectivity index is 2.45. The summed E-state index contributed by atoms with van der Waals surface area (Å²) in [7, 11) is -2.32. The summed E-state index contributed by atoms with van der Waals surface area (Å²) < 4.78 is 45.0. The molecule has 8 heteroatoms. The molecule has 0 saturated carbocycles. The summed E-state index contributed by atoms with van der Waals surface area (Å²) in [6.45, 7) is 0. The Morgan fingerprint density at radius 3 is 2.57 bits per heavy atom. The number of rotatable bonds is 4. The molecule has 5 nitrogen and oxygen atoms in total. The fraction of sp³-hybridized carbons (Fsp3) is 0.0769. The van der Waals surface area contributed by atoms with Crippen molar-refractivity contribution in [3.05, 3.63) is 46.7 Å². The lowest BCUT2D eigenvalue weighted by molar-refractivity contribution is 0.474. The van der Waals surface area contributed by atoms with Gasteiger partial charge < -0.3 is 10.5 Å². The van der Waals surface area contributed by atoms with Gasteiger partial charge in [-0.05, 0) is 47.2 Å². The molecule has 2 aromatic carbocycles. The third-order valence-corrected chi connectivity index (χ3v) is 4.74. The maximum absolute atomic E-state index is 13.2. The molecule has 0 spiro atoms. The molecule has 0 aliphatic rings. The minimum absolute atomic E-state index is 0.00160. The summed E-state index contributed by atoms with van der Waals surface area (Å²) in [5, 5.41) is 0. The maximum atomic E-state index is 13.2. The van der Waals surface area contributed by atoms with Crippen molar-refractivity contribution >= 4 is 31.6 Å². The molecular weight excluding hydrogens is 363 g/mol. The number of anilines is 1. The van der Waals surface area contributed by atoms with E-state index in [4.69, 9.17) is 10.5 Å². The highest BCUT2D eigenvalue weighted by Crippen LogP contribution is 2.34. The number of nitrogens with one attached hydrogen (secondary N) is 1. The van der Waals surface area contributed by atoms with Gasteiger partial charge in [-0.25, -0.2) is 17.5 Å². The Labute approximate surface area is 130 Å². The minimum Gasteiger partial charge on any atom is -0.454 e. The van der Waals surface area contributed by atoms with E-state index in [1.165, 1.54) is 43.4 Å². The Kier molecular flexibility index (Phi) is 4.50. The fourth-order valence-corrected chi connectivity index (χ4v) is 2.63. The van der Waals surface area contributed by atoms with Crippen molar-refractivity contribution in [1.29, 1.82) is 0 Å². The highest BCUT2D eigenvalue weighted by Gasteiger charge is 2.15. The number of nitrogen functional groups attached to an aromatic ring is 1. The van der Waals surface area contributed by atoms with Crippen molar-refractivity contribution in [2.24, 2.45) is 0 Å². The van der Waals surface area contributed by atoms with Crippen molar-refractivity contribution in [3.63, 3.8) is 0 Å². The molecule has 0 aliphatic carbocycles. The maximum Gasteiger partial charge on any atom is 0.240 e. The van der Waals surface area contributed by atoms with E-state index in [0.717, 1.165) is 0 Å². The monoisotopic (exact) mass is 374 g/mol. The lowest BCUT2D eigenvalue weighted by Crippen LogP contribution is -2.18. The molecule has 0 radical (unpaired) electrons. The number of halogens is 2. The van der Waals surface area contributed by atoms with Crippen molar-refractivity contribution in [1.82, 2.24) is 4.72 Å². The lowest BCUT2D eigenvalue weighted by atomic mass is 10.3. The van der Waals surface area contributed by atoms with Crippen LogP contribution in [-0.4, -0.2) is 15.5 Å². The smallest absolute Gasteiger partial charge is 0.240 e. The molecule has 0 aromatic heterocycles. The summed E-state index contributed by atoms with van der Waals surface area (Å²) >= 11 is 3.22. The van der Waals surface area contributed by atoms with Crippen molar-refractivity contribution < 1.29 is 17.5 Å². The van der Waals surface area contributed by atoms with Crippen LogP contribution in [0.4, 0.5) is 10.1 Å². The van der Waals surface area contributed by atoms with Crippen LogP contribution in [0.1, 0.15) is 0 Å². The SMILES string of the molecule is CNS(=O)(=O)c1ccc(N)c(Oc2cc(F)ccc2Br)c1. The standard InChI is InChI=1S/C13H12BrFN2O3S/c1-17-21(18,19)9-3-5-11(16)13(7-9)20-12-6-8(15)2-4-10(12)14/h2-7,17H,16H2,1H3. The first-order valence-corrected chi connectivity index (χ1v) is 8.07. The van der Waals surface area contributed by atoms with E-state index in [-0.39, 0.29) is 22.1 Å². The number of hydrogen-bond donors (Lipinski definition) is 2. The van der Waals surface area contributed by atoms with Crippen molar-refractivity contribution in [3.8, 4) is 11.5 Å². The molecule has 21 heavy (non-hydrogen) atoms. The minimum atomic E-state index is -3.62. The number of benzene rings is 2. The zero-order valence-electron chi connectivity index (χ0n) is 10.9. The lowest BCUT2D eigenvalue weighted by Gasteiger charge is -2.12. The molecule has 0 fully saturated rings. The summed E-state index contributed by atoms with van der Waals surface area (Å²) in [6, 6.07) is 7.96.